The second kappa shape index (κ2) is 22.8. The van der Waals surface area contributed by atoms with Gasteiger partial charge in [-0.1, -0.05) is 168 Å². The van der Waals surface area contributed by atoms with Crippen molar-refractivity contribution >= 4 is 69.2 Å². The van der Waals surface area contributed by atoms with Crippen molar-refractivity contribution in [2.75, 3.05) is 0 Å². The fraction of sp³-hybridized carbons (Fsp3) is 0. The van der Waals surface area contributed by atoms with Crippen LogP contribution < -0.4 is 31.8 Å². The van der Waals surface area contributed by atoms with E-state index in [4.69, 9.17) is 12.8 Å². The van der Waals surface area contributed by atoms with Crippen LogP contribution in [0.5, 0.6) is 0 Å². The van der Waals surface area contributed by atoms with E-state index in [0.29, 0.717) is 0 Å². The molecule has 0 fully saturated rings. The van der Waals surface area contributed by atoms with E-state index in [-0.39, 0.29) is 44.8 Å². The predicted octanol–water partition coefficient (Wildman–Crippen LogP) is 10.2. The van der Waals surface area contributed by atoms with E-state index >= 15 is 0 Å². The average molecular weight is 1140 g/mol. The van der Waals surface area contributed by atoms with Gasteiger partial charge in [0.05, 0.1) is 0 Å². The first kappa shape index (κ1) is 44.1. The van der Waals surface area contributed by atoms with Gasteiger partial charge in [-0.15, -0.1) is 23.3 Å². The van der Waals surface area contributed by atoms with Crippen molar-refractivity contribution in [3.05, 3.63) is 254 Å². The minimum atomic E-state index is -1.14. The molecule has 4 heteroatoms. The van der Waals surface area contributed by atoms with Gasteiger partial charge in [0.1, 0.15) is 47.7 Å². The molecule has 0 bridgehead atoms. The SMILES string of the molecule is [Au+].[Au+].[C-]#Cc1cccc2ccccc12.[C-]#Cc1cccc2ccccc12.c1ccc([PH+](c2ccccc2)c2ccccc2[PH+](c2ccccc2)c2ccccc2)cc1. The Bertz CT molecular complexity index is 2440. The van der Waals surface area contributed by atoms with E-state index in [0.717, 1.165) is 32.7 Å². The Hall–Kier alpha value is -5.04. The molecule has 0 heterocycles. The largest absolute Gasteiger partial charge is 1.00 e. The van der Waals surface area contributed by atoms with Gasteiger partial charge in [-0.05, 0) is 71.4 Å². The van der Waals surface area contributed by atoms with Crippen LogP contribution in [-0.4, -0.2) is 0 Å². The molecule has 0 nitrogen and oxygen atoms in total. The van der Waals surface area contributed by atoms with Crippen molar-refractivity contribution in [1.82, 2.24) is 0 Å². The monoisotopic (exact) mass is 1140 g/mol. The Balaban J connectivity index is 0.000000201. The van der Waals surface area contributed by atoms with Crippen molar-refractivity contribution in [3.8, 4) is 11.8 Å². The standard InChI is InChI=1S/C30H24P2.2C12H7.2Au/c1-5-15-25(16-6-1)31(26-17-7-2-8-18-26)29-23-13-14-24-30(29)32(27-19-9-3-10-20-27)28-21-11-4-12-22-28;2*1-2-10-7-5-8-11-6-3-4-9-12(10)11;;/h1-24H;2*3-9H;;/q;2*-1;2*+1/p+2. The van der Waals surface area contributed by atoms with Crippen molar-refractivity contribution in [2.45, 2.75) is 0 Å². The van der Waals surface area contributed by atoms with Crippen LogP contribution in [0.25, 0.3) is 21.5 Å². The summed E-state index contributed by atoms with van der Waals surface area (Å²) in [7, 11) is -2.28. The zero-order valence-electron chi connectivity index (χ0n) is 31.5. The van der Waals surface area contributed by atoms with E-state index in [1.165, 1.54) is 31.8 Å². The molecule has 0 N–H and O–H groups in total. The molecular formula is C54H40Au2P2+2. The number of fused-ring (bicyclic) bond motifs is 2. The molecular weight excluding hydrogens is 1100 g/mol. The molecule has 0 unspecified atom stereocenters. The summed E-state index contributed by atoms with van der Waals surface area (Å²) in [5.74, 6) is 4.84. The molecule has 0 aliphatic carbocycles. The van der Waals surface area contributed by atoms with Gasteiger partial charge in [0.2, 0.25) is 0 Å². The molecule has 0 amide bonds. The zero-order chi connectivity index (χ0) is 38.4. The normalized spacial score (nSPS) is 10.1. The van der Waals surface area contributed by atoms with Gasteiger partial charge in [-0.2, -0.15) is 0 Å². The van der Waals surface area contributed by atoms with Gasteiger partial charge in [0.25, 0.3) is 0 Å². The van der Waals surface area contributed by atoms with E-state index in [1.807, 2.05) is 84.9 Å². The van der Waals surface area contributed by atoms with Gasteiger partial charge >= 0.3 is 44.8 Å². The predicted molar refractivity (Wildman–Crippen MR) is 247 cm³/mol. The molecule has 58 heavy (non-hydrogen) atoms. The van der Waals surface area contributed by atoms with E-state index in [2.05, 4.69) is 157 Å². The second-order valence-electron chi connectivity index (χ2n) is 13.1. The summed E-state index contributed by atoms with van der Waals surface area (Å²) in [6.07, 6.45) is 14.2. The van der Waals surface area contributed by atoms with Gasteiger partial charge in [-0.3, -0.25) is 11.8 Å². The van der Waals surface area contributed by atoms with Gasteiger partial charge in [0, 0.05) is 0 Å². The maximum absolute atomic E-state index is 7.08. The Kier molecular flexibility index (Phi) is 17.3. The van der Waals surface area contributed by atoms with E-state index in [1.54, 1.807) is 0 Å². The second-order valence-corrected chi connectivity index (χ2v) is 17.9. The van der Waals surface area contributed by atoms with Crippen LogP contribution >= 0.6 is 15.8 Å². The van der Waals surface area contributed by atoms with Gasteiger partial charge < -0.3 is 12.8 Å². The number of hydrogen-bond acceptors (Lipinski definition) is 0. The Morgan fingerprint density at radius 2 is 0.534 bits per heavy atom. The number of rotatable bonds is 6. The first-order valence-electron chi connectivity index (χ1n) is 18.6. The summed E-state index contributed by atoms with van der Waals surface area (Å²) in [4.78, 5) is 0. The number of benzene rings is 9. The van der Waals surface area contributed by atoms with Gasteiger partial charge in [0.15, 0.2) is 0 Å². The fourth-order valence-corrected chi connectivity index (χ4v) is 13.0. The Morgan fingerprint density at radius 3 is 0.845 bits per heavy atom. The summed E-state index contributed by atoms with van der Waals surface area (Å²) in [5, 5.41) is 13.2. The quantitative estimate of drug-likeness (QED) is 0.0674. The Labute approximate surface area is 377 Å². The molecule has 0 saturated heterocycles. The maximum Gasteiger partial charge on any atom is 1.00 e. The minimum Gasteiger partial charge on any atom is -0.366 e. The molecule has 0 saturated carbocycles. The van der Waals surface area contributed by atoms with Crippen LogP contribution in [0, 0.1) is 24.7 Å². The summed E-state index contributed by atoms with van der Waals surface area (Å²) in [6.45, 7) is 0. The van der Waals surface area contributed by atoms with Crippen molar-refractivity contribution in [3.63, 3.8) is 0 Å². The first-order chi connectivity index (χ1) is 27.7. The molecule has 0 aliphatic heterocycles. The third-order valence-electron chi connectivity index (χ3n) is 9.56. The molecule has 286 valence electrons. The smallest absolute Gasteiger partial charge is 0.366 e. The van der Waals surface area contributed by atoms with E-state index in [9.17, 15) is 0 Å². The van der Waals surface area contributed by atoms with Crippen molar-refractivity contribution in [1.29, 1.82) is 0 Å². The summed E-state index contributed by atoms with van der Waals surface area (Å²) >= 11 is 0. The fourth-order valence-electron chi connectivity index (χ4n) is 6.96. The first-order valence-corrected chi connectivity index (χ1v) is 21.6. The van der Waals surface area contributed by atoms with Crippen LogP contribution in [0.3, 0.4) is 0 Å². The van der Waals surface area contributed by atoms with Crippen LogP contribution in [0.4, 0.5) is 0 Å². The molecule has 9 aromatic carbocycles. The van der Waals surface area contributed by atoms with Gasteiger partial charge in [-0.25, -0.2) is 0 Å². The molecule has 0 aliphatic rings. The summed E-state index contributed by atoms with van der Waals surface area (Å²) < 4.78 is 0. The third-order valence-corrected chi connectivity index (χ3v) is 15.4. The van der Waals surface area contributed by atoms with Crippen LogP contribution in [0.2, 0.25) is 0 Å². The molecule has 0 radical (unpaired) electrons. The third kappa shape index (κ3) is 10.9. The number of hydrogen-bond donors (Lipinski definition) is 0. The molecule has 0 spiro atoms. The van der Waals surface area contributed by atoms with Crippen LogP contribution in [-0.2, 0) is 44.8 Å². The minimum absolute atomic E-state index is 0. The van der Waals surface area contributed by atoms with Crippen molar-refractivity contribution in [2.24, 2.45) is 0 Å². The topological polar surface area (TPSA) is 0 Å². The molecule has 9 rings (SSSR count). The molecule has 0 aromatic heterocycles. The van der Waals surface area contributed by atoms with Crippen LogP contribution in [0.1, 0.15) is 11.1 Å². The zero-order valence-corrected chi connectivity index (χ0v) is 37.9. The molecule has 9 aromatic rings. The van der Waals surface area contributed by atoms with Crippen LogP contribution in [0.15, 0.2) is 231 Å². The molecule has 0 atom stereocenters. The Morgan fingerprint density at radius 1 is 0.276 bits per heavy atom. The summed E-state index contributed by atoms with van der Waals surface area (Å²) in [6, 6.07) is 81.2. The average Bonchev–Trinajstić information content (AvgIpc) is 3.28. The summed E-state index contributed by atoms with van der Waals surface area (Å²) in [5.41, 5.74) is 1.71. The van der Waals surface area contributed by atoms with Crippen molar-refractivity contribution < 1.29 is 44.8 Å². The maximum atomic E-state index is 7.08. The van der Waals surface area contributed by atoms with E-state index < -0.39 is 15.8 Å².